The molecule has 1 aromatic heterocycles. The first-order chi connectivity index (χ1) is 12.3. The Labute approximate surface area is 146 Å². The number of methoxy groups -OCH3 is 1. The Bertz CT molecular complexity index is 782. The van der Waals surface area contributed by atoms with Gasteiger partial charge in [-0.05, 0) is 24.5 Å². The topological polar surface area (TPSA) is 70.6 Å². The Morgan fingerprint density at radius 3 is 3.08 bits per heavy atom. The second-order valence-electron chi connectivity index (χ2n) is 6.35. The molecule has 1 aromatic carbocycles. The third-order valence-electron chi connectivity index (χ3n) is 4.87. The Morgan fingerprint density at radius 2 is 2.20 bits per heavy atom. The van der Waals surface area contributed by atoms with E-state index >= 15 is 0 Å². The minimum absolute atomic E-state index is 0.144. The highest BCUT2D eigenvalue weighted by atomic mass is 16.5. The van der Waals surface area contributed by atoms with Crippen molar-refractivity contribution in [3.05, 3.63) is 42.4 Å². The molecule has 0 unspecified atom stereocenters. The predicted octanol–water partition coefficient (Wildman–Crippen LogP) is 2.15. The fourth-order valence-corrected chi connectivity index (χ4v) is 3.69. The summed E-state index contributed by atoms with van der Waals surface area (Å²) in [5.74, 6) is 0.860. The Kier molecular flexibility index (Phi) is 4.13. The van der Waals surface area contributed by atoms with Gasteiger partial charge in [-0.2, -0.15) is 0 Å². The van der Waals surface area contributed by atoms with Crippen molar-refractivity contribution >= 4 is 17.5 Å². The number of aromatic nitrogens is 2. The number of ether oxygens (including phenoxy) is 1. The van der Waals surface area contributed by atoms with Gasteiger partial charge in [0.05, 0.1) is 19.3 Å². The number of para-hydroxylation sites is 1. The zero-order valence-electron chi connectivity index (χ0n) is 14.2. The minimum Gasteiger partial charge on any atom is -0.491 e. The lowest BCUT2D eigenvalue weighted by atomic mass is 10.1. The summed E-state index contributed by atoms with van der Waals surface area (Å²) in [4.78, 5) is 25.1. The van der Waals surface area contributed by atoms with Gasteiger partial charge in [0.25, 0.3) is 0 Å². The second-order valence-corrected chi connectivity index (χ2v) is 6.35. The molecule has 0 radical (unpaired) electrons. The first-order valence-electron chi connectivity index (χ1n) is 8.50. The van der Waals surface area contributed by atoms with E-state index in [9.17, 15) is 4.79 Å². The van der Waals surface area contributed by atoms with Gasteiger partial charge >= 0.3 is 6.03 Å². The van der Waals surface area contributed by atoms with E-state index < -0.39 is 0 Å². The predicted molar refractivity (Wildman–Crippen MR) is 95.1 cm³/mol. The van der Waals surface area contributed by atoms with Crippen LogP contribution < -0.4 is 15.0 Å². The highest BCUT2D eigenvalue weighted by Crippen LogP contribution is 2.33. The number of hydrogen-bond acceptors (Lipinski definition) is 5. The number of nitrogens with one attached hydrogen (secondary N) is 1. The Balaban J connectivity index is 1.48. The number of nitrogens with zero attached hydrogens (tertiary/aromatic N) is 4. The summed E-state index contributed by atoms with van der Waals surface area (Å²) in [6, 6.07) is 8.71. The molecule has 130 valence electrons. The van der Waals surface area contributed by atoms with Crippen molar-refractivity contribution in [1.29, 1.82) is 0 Å². The number of anilines is 2. The fraction of sp³-hybridized carbons (Fsp3) is 0.389. The van der Waals surface area contributed by atoms with E-state index in [0.717, 1.165) is 25.9 Å². The molecule has 7 nitrogen and oxygen atoms in total. The number of carbonyl (C=O) groups excluding carboxylic acids is 1. The molecule has 2 aromatic rings. The van der Waals surface area contributed by atoms with E-state index in [0.29, 0.717) is 24.2 Å². The van der Waals surface area contributed by atoms with Crippen LogP contribution in [0.5, 0.6) is 5.75 Å². The standard InChI is InChI=1S/C18H21N5O2/c1-25-16-10-19-12-20-17(16)21-18(24)22-7-4-8-23-14(11-22)9-13-5-2-3-6-15(13)23/h2-3,5-6,10,12,14H,4,7-9,11H2,1H3,(H,19,20,21,24)/t14-/m0/s1. The van der Waals surface area contributed by atoms with E-state index in [1.165, 1.54) is 24.7 Å². The molecule has 0 aliphatic carbocycles. The van der Waals surface area contributed by atoms with Crippen LogP contribution in [0.2, 0.25) is 0 Å². The van der Waals surface area contributed by atoms with E-state index in [2.05, 4.69) is 44.5 Å². The molecule has 0 saturated carbocycles. The zero-order valence-corrected chi connectivity index (χ0v) is 14.2. The smallest absolute Gasteiger partial charge is 0.323 e. The molecule has 0 bridgehead atoms. The average molecular weight is 339 g/mol. The van der Waals surface area contributed by atoms with Gasteiger partial charge in [0, 0.05) is 25.3 Å². The molecule has 4 rings (SSSR count). The van der Waals surface area contributed by atoms with Gasteiger partial charge in [0.1, 0.15) is 6.33 Å². The Hall–Kier alpha value is -2.83. The number of benzene rings is 1. The molecule has 1 atom stereocenters. The summed E-state index contributed by atoms with van der Waals surface area (Å²) in [6.45, 7) is 2.41. The first kappa shape index (κ1) is 15.7. The zero-order chi connectivity index (χ0) is 17.2. The summed E-state index contributed by atoms with van der Waals surface area (Å²) in [7, 11) is 1.54. The normalized spacial score (nSPS) is 19.0. The number of amides is 2. The van der Waals surface area contributed by atoms with Crippen LogP contribution in [0.15, 0.2) is 36.8 Å². The van der Waals surface area contributed by atoms with Crippen molar-refractivity contribution in [3.8, 4) is 5.75 Å². The molecule has 0 spiro atoms. The van der Waals surface area contributed by atoms with E-state index in [-0.39, 0.29) is 6.03 Å². The summed E-state index contributed by atoms with van der Waals surface area (Å²) in [5.41, 5.74) is 2.68. The molecule has 1 saturated heterocycles. The van der Waals surface area contributed by atoms with Gasteiger partial charge in [-0.3, -0.25) is 5.32 Å². The van der Waals surface area contributed by atoms with Gasteiger partial charge in [-0.1, -0.05) is 18.2 Å². The molecule has 1 fully saturated rings. The maximum Gasteiger partial charge on any atom is 0.323 e. The maximum absolute atomic E-state index is 12.7. The van der Waals surface area contributed by atoms with E-state index in [1.807, 2.05) is 4.90 Å². The number of fused-ring (bicyclic) bond motifs is 3. The van der Waals surface area contributed by atoms with Crippen LogP contribution >= 0.6 is 0 Å². The molecule has 2 aliphatic rings. The quantitative estimate of drug-likeness (QED) is 0.908. The second kappa shape index (κ2) is 6.58. The lowest BCUT2D eigenvalue weighted by Crippen LogP contribution is -2.43. The van der Waals surface area contributed by atoms with Crippen molar-refractivity contribution in [3.63, 3.8) is 0 Å². The summed E-state index contributed by atoms with van der Waals surface area (Å²) in [5, 5.41) is 2.85. The first-order valence-corrected chi connectivity index (χ1v) is 8.50. The van der Waals surface area contributed by atoms with Crippen molar-refractivity contribution in [2.45, 2.75) is 18.9 Å². The molecular weight excluding hydrogens is 318 g/mol. The van der Waals surface area contributed by atoms with Gasteiger partial charge in [-0.15, -0.1) is 0 Å². The van der Waals surface area contributed by atoms with Crippen LogP contribution in [0, 0.1) is 0 Å². The molecule has 2 aliphatic heterocycles. The highest BCUT2D eigenvalue weighted by molar-refractivity contribution is 5.89. The van der Waals surface area contributed by atoms with Crippen LogP contribution in [0.3, 0.4) is 0 Å². The van der Waals surface area contributed by atoms with E-state index in [4.69, 9.17) is 4.74 Å². The van der Waals surface area contributed by atoms with Crippen molar-refractivity contribution in [1.82, 2.24) is 14.9 Å². The highest BCUT2D eigenvalue weighted by Gasteiger charge is 2.33. The van der Waals surface area contributed by atoms with Gasteiger partial charge in [-0.25, -0.2) is 14.8 Å². The SMILES string of the molecule is COc1cncnc1NC(=O)N1CCCN2c3ccccc3C[C@H]2C1. The van der Waals surface area contributed by atoms with Gasteiger partial charge in [0.15, 0.2) is 11.6 Å². The molecule has 7 heteroatoms. The van der Waals surface area contributed by atoms with Crippen LogP contribution in [0.1, 0.15) is 12.0 Å². The summed E-state index contributed by atoms with van der Waals surface area (Å²) < 4.78 is 5.20. The monoisotopic (exact) mass is 339 g/mol. The fourth-order valence-electron chi connectivity index (χ4n) is 3.69. The molecule has 2 amide bonds. The summed E-state index contributed by atoms with van der Waals surface area (Å²) >= 11 is 0. The van der Waals surface area contributed by atoms with Crippen molar-refractivity contribution < 1.29 is 9.53 Å². The lowest BCUT2D eigenvalue weighted by molar-refractivity contribution is 0.211. The third kappa shape index (κ3) is 2.97. The van der Waals surface area contributed by atoms with Crippen LogP contribution in [0.25, 0.3) is 0 Å². The number of carbonyl (C=O) groups is 1. The lowest BCUT2D eigenvalue weighted by Gasteiger charge is -2.27. The Morgan fingerprint density at radius 1 is 1.32 bits per heavy atom. The van der Waals surface area contributed by atoms with Crippen molar-refractivity contribution in [2.24, 2.45) is 0 Å². The largest absolute Gasteiger partial charge is 0.491 e. The third-order valence-corrected chi connectivity index (χ3v) is 4.87. The number of hydrogen-bond donors (Lipinski definition) is 1. The number of urea groups is 1. The average Bonchev–Trinajstić information content (AvgIpc) is 2.84. The molecular formula is C18H21N5O2. The molecule has 3 heterocycles. The number of rotatable bonds is 2. The molecule has 1 N–H and O–H groups in total. The van der Waals surface area contributed by atoms with Crippen LogP contribution in [0.4, 0.5) is 16.3 Å². The van der Waals surface area contributed by atoms with Crippen LogP contribution in [-0.4, -0.2) is 53.7 Å². The maximum atomic E-state index is 12.7. The summed E-state index contributed by atoms with van der Waals surface area (Å²) in [6.07, 6.45) is 4.87. The van der Waals surface area contributed by atoms with Gasteiger partial charge < -0.3 is 14.5 Å². The van der Waals surface area contributed by atoms with Crippen LogP contribution in [-0.2, 0) is 6.42 Å². The van der Waals surface area contributed by atoms with Crippen molar-refractivity contribution in [2.75, 3.05) is 37.0 Å². The van der Waals surface area contributed by atoms with Gasteiger partial charge in [0.2, 0.25) is 0 Å². The molecule has 25 heavy (non-hydrogen) atoms. The minimum atomic E-state index is -0.144. The van der Waals surface area contributed by atoms with E-state index in [1.54, 1.807) is 6.20 Å².